The molecule has 29 heavy (non-hydrogen) atoms. The van der Waals surface area contributed by atoms with Crippen LogP contribution in [0.15, 0.2) is 47.4 Å². The molecule has 2 aromatic carbocycles. The number of hydrogen-bond acceptors (Lipinski definition) is 6. The summed E-state index contributed by atoms with van der Waals surface area (Å²) in [6, 6.07) is 12.8. The molecule has 0 amide bonds. The van der Waals surface area contributed by atoms with Crippen LogP contribution in [0.2, 0.25) is 0 Å². The minimum atomic E-state index is -3.70. The molecule has 0 aliphatic heterocycles. The van der Waals surface area contributed by atoms with Crippen molar-refractivity contribution < 1.29 is 8.42 Å². The predicted octanol–water partition coefficient (Wildman–Crippen LogP) is 4.55. The molecule has 1 aliphatic carbocycles. The van der Waals surface area contributed by atoms with Crippen LogP contribution in [-0.2, 0) is 16.6 Å². The Hall–Kier alpha value is -2.03. The van der Waals surface area contributed by atoms with E-state index < -0.39 is 10.0 Å². The first kappa shape index (κ1) is 20.3. The maximum absolute atomic E-state index is 12.9. The lowest BCUT2D eigenvalue weighted by molar-refractivity contribution is 0.404. The van der Waals surface area contributed by atoms with E-state index in [0.29, 0.717) is 29.3 Å². The number of fused-ring (bicyclic) bond motifs is 1. The van der Waals surface area contributed by atoms with Gasteiger partial charge in [-0.1, -0.05) is 43.9 Å². The summed E-state index contributed by atoms with van der Waals surface area (Å²) in [6.07, 6.45) is 6.55. The van der Waals surface area contributed by atoms with Crippen LogP contribution < -0.4 is 10.0 Å². The molecule has 1 atom stereocenters. The highest BCUT2D eigenvalue weighted by molar-refractivity contribution is 7.92. The van der Waals surface area contributed by atoms with Crippen LogP contribution in [0, 0.1) is 5.92 Å². The Kier molecular flexibility index (Phi) is 6.12. The van der Waals surface area contributed by atoms with E-state index in [1.54, 1.807) is 24.3 Å². The Morgan fingerprint density at radius 1 is 1.10 bits per heavy atom. The van der Waals surface area contributed by atoms with Crippen LogP contribution in [0.25, 0.3) is 11.0 Å². The molecule has 4 rings (SSSR count). The molecule has 6 nitrogen and oxygen atoms in total. The molecule has 1 heterocycles. The van der Waals surface area contributed by atoms with Crippen LogP contribution in [0.3, 0.4) is 0 Å². The third kappa shape index (κ3) is 4.94. The zero-order chi connectivity index (χ0) is 20.3. The van der Waals surface area contributed by atoms with Gasteiger partial charge >= 0.3 is 0 Å². The van der Waals surface area contributed by atoms with Crippen LogP contribution >= 0.6 is 11.7 Å². The van der Waals surface area contributed by atoms with Gasteiger partial charge in [-0.25, -0.2) is 8.42 Å². The molecule has 1 aliphatic rings. The standard InChI is InChI=1S/C21H26N4O2S2/c1-15(12-16-6-2-3-7-16)22-14-17-8-4-5-9-19(17)25-29(26,27)18-10-11-20-21(13-18)24-28-23-20/h4-5,8-11,13,15-16,22,25H,2-3,6-7,12,14H2,1H3/t15-/m0/s1. The van der Waals surface area contributed by atoms with Crippen LogP contribution in [-0.4, -0.2) is 23.2 Å². The Bertz CT molecular complexity index is 1070. The fourth-order valence-corrected chi connectivity index (χ4v) is 5.66. The SMILES string of the molecule is C[C@@H](CC1CCCC1)NCc1ccccc1NS(=O)(=O)c1ccc2nsnc2c1. The van der Waals surface area contributed by atoms with Gasteiger partial charge in [-0.15, -0.1) is 0 Å². The van der Waals surface area contributed by atoms with E-state index in [1.165, 1.54) is 32.1 Å². The third-order valence-corrected chi connectivity index (χ3v) is 7.52. The van der Waals surface area contributed by atoms with Crippen LogP contribution in [0.1, 0.15) is 44.6 Å². The second-order valence-electron chi connectivity index (χ2n) is 7.85. The van der Waals surface area contributed by atoms with Crippen molar-refractivity contribution in [1.82, 2.24) is 14.1 Å². The molecule has 0 radical (unpaired) electrons. The summed E-state index contributed by atoms with van der Waals surface area (Å²) in [5.41, 5.74) is 2.83. The van der Waals surface area contributed by atoms with Crippen molar-refractivity contribution >= 4 is 38.5 Å². The largest absolute Gasteiger partial charge is 0.310 e. The van der Waals surface area contributed by atoms with E-state index in [1.807, 2.05) is 18.2 Å². The Labute approximate surface area is 176 Å². The molecule has 0 spiro atoms. The van der Waals surface area contributed by atoms with E-state index in [2.05, 4.69) is 25.7 Å². The Morgan fingerprint density at radius 3 is 2.69 bits per heavy atom. The quantitative estimate of drug-likeness (QED) is 0.548. The Balaban J connectivity index is 1.45. The summed E-state index contributed by atoms with van der Waals surface area (Å²) in [6.45, 7) is 2.84. The molecule has 3 aromatic rings. The predicted molar refractivity (Wildman–Crippen MR) is 118 cm³/mol. The number of sulfonamides is 1. The van der Waals surface area contributed by atoms with Crippen molar-refractivity contribution in [1.29, 1.82) is 0 Å². The zero-order valence-corrected chi connectivity index (χ0v) is 18.1. The van der Waals surface area contributed by atoms with Gasteiger partial charge < -0.3 is 5.32 Å². The molecule has 0 unspecified atom stereocenters. The molecule has 1 fully saturated rings. The topological polar surface area (TPSA) is 84.0 Å². The van der Waals surface area contributed by atoms with E-state index >= 15 is 0 Å². The fraction of sp³-hybridized carbons (Fsp3) is 0.429. The van der Waals surface area contributed by atoms with Gasteiger partial charge in [-0.2, -0.15) is 8.75 Å². The number of benzene rings is 2. The van der Waals surface area contributed by atoms with Gasteiger partial charge in [0.05, 0.1) is 22.3 Å². The van der Waals surface area contributed by atoms with E-state index in [4.69, 9.17) is 0 Å². The van der Waals surface area contributed by atoms with Gasteiger partial charge in [0.1, 0.15) is 11.0 Å². The molecule has 0 bridgehead atoms. The van der Waals surface area contributed by atoms with E-state index in [0.717, 1.165) is 23.2 Å². The lowest BCUT2D eigenvalue weighted by Gasteiger charge is -2.19. The maximum atomic E-state index is 12.9. The minimum absolute atomic E-state index is 0.190. The Morgan fingerprint density at radius 2 is 1.86 bits per heavy atom. The van der Waals surface area contributed by atoms with Gasteiger partial charge in [0, 0.05) is 12.6 Å². The number of nitrogens with one attached hydrogen (secondary N) is 2. The van der Waals surface area contributed by atoms with Crippen LogP contribution in [0.4, 0.5) is 5.69 Å². The number of anilines is 1. The molecule has 0 saturated heterocycles. The number of nitrogens with zero attached hydrogens (tertiary/aromatic N) is 2. The van der Waals surface area contributed by atoms with Gasteiger partial charge in [-0.05, 0) is 49.1 Å². The van der Waals surface area contributed by atoms with Crippen LogP contribution in [0.5, 0.6) is 0 Å². The van der Waals surface area contributed by atoms with Crippen molar-refractivity contribution in [3.63, 3.8) is 0 Å². The average molecular weight is 431 g/mol. The average Bonchev–Trinajstić information content (AvgIpc) is 3.38. The number of hydrogen-bond donors (Lipinski definition) is 2. The molecular formula is C21H26N4O2S2. The van der Waals surface area contributed by atoms with Crippen molar-refractivity contribution in [2.75, 3.05) is 4.72 Å². The molecule has 1 saturated carbocycles. The minimum Gasteiger partial charge on any atom is -0.310 e. The molecule has 8 heteroatoms. The highest BCUT2D eigenvalue weighted by Crippen LogP contribution is 2.29. The first-order valence-corrected chi connectivity index (χ1v) is 12.3. The van der Waals surface area contributed by atoms with Gasteiger partial charge in [0.15, 0.2) is 0 Å². The lowest BCUT2D eigenvalue weighted by atomic mass is 9.99. The monoisotopic (exact) mass is 430 g/mol. The second-order valence-corrected chi connectivity index (χ2v) is 10.1. The van der Waals surface area contributed by atoms with Crippen molar-refractivity contribution in [2.24, 2.45) is 5.92 Å². The number of aromatic nitrogens is 2. The normalized spacial score (nSPS) is 16.3. The summed E-state index contributed by atoms with van der Waals surface area (Å²) in [5.74, 6) is 0.821. The maximum Gasteiger partial charge on any atom is 0.261 e. The van der Waals surface area contributed by atoms with Crippen molar-refractivity contribution in [2.45, 2.75) is 56.5 Å². The highest BCUT2D eigenvalue weighted by Gasteiger charge is 2.19. The summed E-state index contributed by atoms with van der Waals surface area (Å²) >= 11 is 1.08. The third-order valence-electron chi connectivity index (χ3n) is 5.60. The number of rotatable bonds is 8. The lowest BCUT2D eigenvalue weighted by Crippen LogP contribution is -2.28. The summed E-state index contributed by atoms with van der Waals surface area (Å²) < 4.78 is 36.8. The van der Waals surface area contributed by atoms with E-state index in [-0.39, 0.29) is 4.90 Å². The zero-order valence-electron chi connectivity index (χ0n) is 16.5. The summed E-state index contributed by atoms with van der Waals surface area (Å²) in [4.78, 5) is 0.190. The number of para-hydroxylation sites is 1. The highest BCUT2D eigenvalue weighted by atomic mass is 32.2. The molecule has 2 N–H and O–H groups in total. The fourth-order valence-electron chi connectivity index (χ4n) is 4.02. The summed E-state index contributed by atoms with van der Waals surface area (Å²) in [5, 5.41) is 3.56. The van der Waals surface area contributed by atoms with E-state index in [9.17, 15) is 8.42 Å². The molecule has 1 aromatic heterocycles. The first-order valence-electron chi connectivity index (χ1n) is 10.1. The van der Waals surface area contributed by atoms with Gasteiger partial charge in [0.25, 0.3) is 10.0 Å². The smallest absolute Gasteiger partial charge is 0.261 e. The second kappa shape index (κ2) is 8.77. The molecule has 154 valence electrons. The van der Waals surface area contributed by atoms with Crippen molar-refractivity contribution in [3.05, 3.63) is 48.0 Å². The molecular weight excluding hydrogens is 404 g/mol. The summed E-state index contributed by atoms with van der Waals surface area (Å²) in [7, 11) is -3.70. The van der Waals surface area contributed by atoms with Crippen molar-refractivity contribution in [3.8, 4) is 0 Å². The van der Waals surface area contributed by atoms with Gasteiger partial charge in [0.2, 0.25) is 0 Å². The van der Waals surface area contributed by atoms with Gasteiger partial charge in [-0.3, -0.25) is 4.72 Å². The first-order chi connectivity index (χ1) is 14.0.